The van der Waals surface area contributed by atoms with E-state index in [1.807, 2.05) is 0 Å². The van der Waals surface area contributed by atoms with Crippen LogP contribution in [0.15, 0.2) is 0 Å². The molecule has 1 atom stereocenters. The van der Waals surface area contributed by atoms with E-state index >= 15 is 0 Å². The van der Waals surface area contributed by atoms with E-state index in [0.717, 1.165) is 0 Å². The first kappa shape index (κ1) is 7.84. The van der Waals surface area contributed by atoms with Crippen molar-refractivity contribution in [2.75, 3.05) is 20.0 Å². The summed E-state index contributed by atoms with van der Waals surface area (Å²) in [6.07, 6.45) is -0.873. The minimum atomic E-state index is -0.873. The first-order valence-corrected chi connectivity index (χ1v) is 2.28. The highest BCUT2D eigenvalue weighted by Crippen LogP contribution is 1.80. The van der Waals surface area contributed by atoms with E-state index in [9.17, 15) is 0 Å². The second kappa shape index (κ2) is 4.99. The normalized spacial score (nSPS) is 13.9. The van der Waals surface area contributed by atoms with Gasteiger partial charge in [0.15, 0.2) is 0 Å². The molecule has 4 nitrogen and oxygen atoms in total. The molecule has 8 heavy (non-hydrogen) atoms. The van der Waals surface area contributed by atoms with Crippen molar-refractivity contribution in [3.63, 3.8) is 0 Å². The van der Waals surface area contributed by atoms with Crippen LogP contribution in [-0.2, 0) is 4.74 Å². The molecule has 0 rings (SSSR count). The average Bonchev–Trinajstić information content (AvgIpc) is 1.83. The quantitative estimate of drug-likeness (QED) is 0.389. The smallest absolute Gasteiger partial charge is 0.143 e. The van der Waals surface area contributed by atoms with Gasteiger partial charge in [0.1, 0.15) is 12.9 Å². The third-order valence-corrected chi connectivity index (χ3v) is 0.612. The molecule has 3 N–H and O–H groups in total. The number of hydrogen-bond acceptors (Lipinski definition) is 4. The Hall–Kier alpha value is -0.160. The molecule has 0 saturated carbocycles. The van der Waals surface area contributed by atoms with Crippen molar-refractivity contribution in [3.8, 4) is 0 Å². The van der Waals surface area contributed by atoms with E-state index in [2.05, 4.69) is 4.74 Å². The lowest BCUT2D eigenvalue weighted by Gasteiger charge is -2.03. The lowest BCUT2D eigenvalue weighted by atomic mass is 10.4. The third kappa shape index (κ3) is 4.01. The van der Waals surface area contributed by atoms with Gasteiger partial charge in [-0.25, -0.2) is 0 Å². The zero-order valence-electron chi connectivity index (χ0n) is 4.45. The van der Waals surface area contributed by atoms with Crippen LogP contribution in [0.2, 0.25) is 0 Å². The molecule has 50 valence electrons. The largest absolute Gasteiger partial charge is 0.394 e. The summed E-state index contributed by atoms with van der Waals surface area (Å²) in [6, 6.07) is 0. The van der Waals surface area contributed by atoms with Crippen molar-refractivity contribution in [2.24, 2.45) is 0 Å². The molecule has 0 spiro atoms. The van der Waals surface area contributed by atoms with Crippen LogP contribution in [0.4, 0.5) is 0 Å². The van der Waals surface area contributed by atoms with Gasteiger partial charge in [-0.3, -0.25) is 0 Å². The molecular weight excluding hydrogens is 112 g/mol. The fourth-order valence-electron chi connectivity index (χ4n) is 0.241. The molecule has 0 saturated heterocycles. The Balaban J connectivity index is 2.86. The summed E-state index contributed by atoms with van der Waals surface area (Å²) in [5.41, 5.74) is 0. The van der Waals surface area contributed by atoms with E-state index < -0.39 is 12.9 Å². The van der Waals surface area contributed by atoms with Crippen molar-refractivity contribution in [1.29, 1.82) is 0 Å². The van der Waals surface area contributed by atoms with E-state index in [-0.39, 0.29) is 13.2 Å². The van der Waals surface area contributed by atoms with Crippen molar-refractivity contribution in [3.05, 3.63) is 0 Å². The Labute approximate surface area is 47.3 Å². The third-order valence-electron chi connectivity index (χ3n) is 0.612. The van der Waals surface area contributed by atoms with Gasteiger partial charge < -0.3 is 20.1 Å². The number of aliphatic hydroxyl groups excluding tert-OH is 3. The minimum absolute atomic E-state index is 0.0208. The van der Waals surface area contributed by atoms with E-state index in [0.29, 0.717) is 0 Å². The van der Waals surface area contributed by atoms with Crippen LogP contribution >= 0.6 is 0 Å². The van der Waals surface area contributed by atoms with Gasteiger partial charge >= 0.3 is 0 Å². The van der Waals surface area contributed by atoms with Gasteiger partial charge in [0.05, 0.1) is 13.2 Å². The molecule has 0 radical (unpaired) electrons. The molecule has 0 aliphatic heterocycles. The maximum absolute atomic E-state index is 8.50. The van der Waals surface area contributed by atoms with Crippen molar-refractivity contribution in [1.82, 2.24) is 0 Å². The second-order valence-corrected chi connectivity index (χ2v) is 1.34. The van der Waals surface area contributed by atoms with Crippen molar-refractivity contribution < 1.29 is 20.1 Å². The summed E-state index contributed by atoms with van der Waals surface area (Å²) < 4.78 is 4.33. The Bertz CT molecular complexity index is 47.3. The predicted octanol–water partition coefficient (Wildman–Crippen LogP) is -1.69. The summed E-state index contributed by atoms with van der Waals surface area (Å²) >= 11 is 0. The molecular formula is C4H10O4. The van der Waals surface area contributed by atoms with E-state index in [1.54, 1.807) is 0 Å². The van der Waals surface area contributed by atoms with Gasteiger partial charge in [0.25, 0.3) is 0 Å². The van der Waals surface area contributed by atoms with Crippen LogP contribution in [0.3, 0.4) is 0 Å². The topological polar surface area (TPSA) is 69.9 Å². The van der Waals surface area contributed by atoms with Gasteiger partial charge in [-0.1, -0.05) is 0 Å². The Morgan fingerprint density at radius 1 is 1.38 bits per heavy atom. The van der Waals surface area contributed by atoms with Crippen molar-refractivity contribution in [2.45, 2.75) is 6.10 Å². The number of hydrogen-bond donors (Lipinski definition) is 3. The molecule has 4 heteroatoms. The fourth-order valence-corrected chi connectivity index (χ4v) is 0.241. The van der Waals surface area contributed by atoms with Crippen LogP contribution in [-0.4, -0.2) is 41.4 Å². The van der Waals surface area contributed by atoms with E-state index in [1.165, 1.54) is 0 Å². The summed E-state index contributed by atoms with van der Waals surface area (Å²) in [4.78, 5) is 0. The van der Waals surface area contributed by atoms with Crippen LogP contribution in [0.5, 0.6) is 0 Å². The molecule has 0 bridgehead atoms. The maximum atomic E-state index is 8.50. The summed E-state index contributed by atoms with van der Waals surface area (Å²) in [5, 5.41) is 24.6. The van der Waals surface area contributed by atoms with Gasteiger partial charge in [0, 0.05) is 0 Å². The number of ether oxygens (including phenoxy) is 1. The molecule has 0 fully saturated rings. The van der Waals surface area contributed by atoms with Gasteiger partial charge in [-0.2, -0.15) is 0 Å². The summed E-state index contributed by atoms with van der Waals surface area (Å²) in [7, 11) is 0. The predicted molar refractivity (Wildman–Crippen MR) is 26.1 cm³/mol. The molecule has 0 aromatic rings. The molecule has 0 amide bonds. The SMILES string of the molecule is OCOCC(O)CO. The highest BCUT2D eigenvalue weighted by molar-refractivity contribution is 4.46. The average molecular weight is 122 g/mol. The zero-order valence-corrected chi connectivity index (χ0v) is 4.45. The van der Waals surface area contributed by atoms with Crippen LogP contribution in [0, 0.1) is 0 Å². The molecule has 0 aliphatic rings. The molecule has 0 aromatic heterocycles. The monoisotopic (exact) mass is 122 g/mol. The first-order valence-electron chi connectivity index (χ1n) is 2.28. The lowest BCUT2D eigenvalue weighted by Crippen LogP contribution is -2.19. The molecule has 0 heterocycles. The fraction of sp³-hybridized carbons (Fsp3) is 1.00. The maximum Gasteiger partial charge on any atom is 0.143 e. The highest BCUT2D eigenvalue weighted by Gasteiger charge is 1.98. The lowest BCUT2D eigenvalue weighted by molar-refractivity contribution is -0.0536. The number of rotatable bonds is 4. The van der Waals surface area contributed by atoms with Crippen molar-refractivity contribution >= 4 is 0 Å². The van der Waals surface area contributed by atoms with Gasteiger partial charge in [0.2, 0.25) is 0 Å². The zero-order chi connectivity index (χ0) is 6.41. The highest BCUT2D eigenvalue weighted by atomic mass is 16.6. The molecule has 1 unspecified atom stereocenters. The Morgan fingerprint density at radius 2 is 2.00 bits per heavy atom. The number of aliphatic hydroxyl groups is 3. The van der Waals surface area contributed by atoms with Crippen LogP contribution in [0.1, 0.15) is 0 Å². The Kier molecular flexibility index (Phi) is 4.89. The van der Waals surface area contributed by atoms with Crippen LogP contribution in [0.25, 0.3) is 0 Å². The minimum Gasteiger partial charge on any atom is -0.394 e. The first-order chi connectivity index (χ1) is 3.81. The van der Waals surface area contributed by atoms with Crippen LogP contribution < -0.4 is 0 Å². The molecule has 0 aromatic carbocycles. The van der Waals surface area contributed by atoms with Gasteiger partial charge in [-0.05, 0) is 0 Å². The Morgan fingerprint density at radius 3 is 2.38 bits per heavy atom. The second-order valence-electron chi connectivity index (χ2n) is 1.34. The van der Waals surface area contributed by atoms with E-state index in [4.69, 9.17) is 15.3 Å². The molecule has 0 aliphatic carbocycles. The van der Waals surface area contributed by atoms with Gasteiger partial charge in [-0.15, -0.1) is 0 Å². The summed E-state index contributed by atoms with van der Waals surface area (Å²) in [5.74, 6) is 0. The summed E-state index contributed by atoms with van der Waals surface area (Å²) in [6.45, 7) is -0.774. The standard InChI is InChI=1S/C4H10O4/c5-1-4(7)2-8-3-6/h4-7H,1-3H2.